The summed E-state index contributed by atoms with van der Waals surface area (Å²) < 4.78 is 1.69. The molecule has 4 fully saturated rings. The van der Waals surface area contributed by atoms with Crippen molar-refractivity contribution in [3.8, 4) is 0 Å². The highest BCUT2D eigenvalue weighted by molar-refractivity contribution is 4.94. The van der Waals surface area contributed by atoms with Crippen molar-refractivity contribution in [2.45, 2.75) is 56.7 Å². The van der Waals surface area contributed by atoms with Crippen molar-refractivity contribution in [3.63, 3.8) is 0 Å². The summed E-state index contributed by atoms with van der Waals surface area (Å²) in [6, 6.07) is 4.95. The van der Waals surface area contributed by atoms with Gasteiger partial charge < -0.3 is 10.2 Å². The van der Waals surface area contributed by atoms with Crippen LogP contribution >= 0.6 is 0 Å². The molecule has 0 aromatic carbocycles. The second-order valence-electron chi connectivity index (χ2n) is 7.22. The first-order valence-electron chi connectivity index (χ1n) is 8.82. The number of hydrogen-bond acceptors (Lipinski definition) is 4. The molecule has 1 aromatic heterocycles. The fourth-order valence-corrected chi connectivity index (χ4v) is 4.59. The van der Waals surface area contributed by atoms with Gasteiger partial charge in [0.15, 0.2) is 0 Å². The highest BCUT2D eigenvalue weighted by atomic mass is 16.1. The molecule has 4 aliphatic rings. The maximum atomic E-state index is 11.9. The number of nitrogens with zero attached hydrogens (tertiary/aromatic N) is 3. The van der Waals surface area contributed by atoms with Gasteiger partial charge in [0, 0.05) is 30.9 Å². The number of hydrogen-bond donors (Lipinski definition) is 1. The van der Waals surface area contributed by atoms with E-state index in [0.29, 0.717) is 18.1 Å². The standard InChI is InChI=1S/C17H26N4O/c22-17-2-1-9-18-21(17)15-5-3-14(4-6-15)19-16-12-20-10-7-13(16)8-11-20/h1-2,9,13-16,19H,3-8,10-12H2. The Morgan fingerprint density at radius 2 is 1.86 bits per heavy atom. The van der Waals surface area contributed by atoms with Crippen molar-refractivity contribution >= 4 is 0 Å². The zero-order valence-electron chi connectivity index (χ0n) is 13.2. The molecule has 4 heterocycles. The zero-order chi connectivity index (χ0) is 14.9. The van der Waals surface area contributed by atoms with Crippen LogP contribution in [0.2, 0.25) is 0 Å². The summed E-state index contributed by atoms with van der Waals surface area (Å²) in [7, 11) is 0. The number of piperidine rings is 3. The summed E-state index contributed by atoms with van der Waals surface area (Å²) in [6.07, 6.45) is 8.92. The van der Waals surface area contributed by atoms with Crippen LogP contribution in [0.5, 0.6) is 0 Å². The van der Waals surface area contributed by atoms with Gasteiger partial charge >= 0.3 is 0 Å². The van der Waals surface area contributed by atoms with Crippen molar-refractivity contribution in [1.29, 1.82) is 0 Å². The molecule has 1 saturated carbocycles. The largest absolute Gasteiger partial charge is 0.310 e. The highest BCUT2D eigenvalue weighted by Gasteiger charge is 2.35. The zero-order valence-corrected chi connectivity index (χ0v) is 13.2. The van der Waals surface area contributed by atoms with Gasteiger partial charge in [0.25, 0.3) is 5.56 Å². The van der Waals surface area contributed by atoms with Gasteiger partial charge in [-0.1, -0.05) is 0 Å². The van der Waals surface area contributed by atoms with E-state index in [4.69, 9.17) is 0 Å². The summed E-state index contributed by atoms with van der Waals surface area (Å²) in [5.74, 6) is 0.890. The van der Waals surface area contributed by atoms with Gasteiger partial charge in [-0.15, -0.1) is 0 Å². The third-order valence-corrected chi connectivity index (χ3v) is 5.89. The summed E-state index contributed by atoms with van der Waals surface area (Å²) in [5.41, 5.74) is 0.0382. The first kappa shape index (κ1) is 14.4. The van der Waals surface area contributed by atoms with E-state index in [1.807, 2.05) is 0 Å². The lowest BCUT2D eigenvalue weighted by Gasteiger charge is -2.47. The third kappa shape index (κ3) is 2.84. The predicted octanol–water partition coefficient (Wildman–Crippen LogP) is 1.41. The molecule has 1 aliphatic carbocycles. The van der Waals surface area contributed by atoms with Crippen molar-refractivity contribution in [1.82, 2.24) is 20.0 Å². The summed E-state index contributed by atoms with van der Waals surface area (Å²) in [4.78, 5) is 14.5. The predicted molar refractivity (Wildman–Crippen MR) is 85.9 cm³/mol. The Bertz CT molecular complexity index is 556. The minimum absolute atomic E-state index is 0.0382. The summed E-state index contributed by atoms with van der Waals surface area (Å²) in [5, 5.41) is 8.18. The van der Waals surface area contributed by atoms with Crippen LogP contribution in [-0.2, 0) is 0 Å². The van der Waals surface area contributed by atoms with Crippen LogP contribution in [-0.4, -0.2) is 46.4 Å². The van der Waals surface area contributed by atoms with Crippen LogP contribution in [0.4, 0.5) is 0 Å². The lowest BCUT2D eigenvalue weighted by Crippen LogP contribution is -2.58. The molecule has 0 radical (unpaired) electrons. The molecule has 3 saturated heterocycles. The van der Waals surface area contributed by atoms with E-state index in [-0.39, 0.29) is 5.56 Å². The van der Waals surface area contributed by atoms with Gasteiger partial charge in [-0.2, -0.15) is 5.10 Å². The van der Waals surface area contributed by atoms with E-state index < -0.39 is 0 Å². The van der Waals surface area contributed by atoms with Crippen LogP contribution in [0, 0.1) is 5.92 Å². The molecule has 0 amide bonds. The first-order chi connectivity index (χ1) is 10.8. The van der Waals surface area contributed by atoms with E-state index in [9.17, 15) is 4.79 Å². The Hall–Kier alpha value is -1.20. The maximum absolute atomic E-state index is 11.9. The van der Waals surface area contributed by atoms with E-state index in [1.165, 1.54) is 32.5 Å². The quantitative estimate of drug-likeness (QED) is 0.917. The molecule has 22 heavy (non-hydrogen) atoms. The first-order valence-corrected chi connectivity index (χ1v) is 8.82. The maximum Gasteiger partial charge on any atom is 0.266 e. The van der Waals surface area contributed by atoms with Crippen molar-refractivity contribution in [2.24, 2.45) is 5.92 Å². The minimum Gasteiger partial charge on any atom is -0.310 e. The van der Waals surface area contributed by atoms with Crippen LogP contribution in [0.1, 0.15) is 44.6 Å². The molecule has 5 heteroatoms. The molecule has 1 unspecified atom stereocenters. The minimum atomic E-state index is 0.0382. The second kappa shape index (κ2) is 6.13. The van der Waals surface area contributed by atoms with Gasteiger partial charge in [-0.05, 0) is 63.6 Å². The molecule has 1 atom stereocenters. The molecule has 0 spiro atoms. The Morgan fingerprint density at radius 3 is 2.50 bits per heavy atom. The number of aromatic nitrogens is 2. The number of fused-ring (bicyclic) bond motifs is 3. The molecule has 1 N–H and O–H groups in total. The van der Waals surface area contributed by atoms with E-state index in [0.717, 1.165) is 31.6 Å². The monoisotopic (exact) mass is 302 g/mol. The molecule has 3 aliphatic heterocycles. The lowest BCUT2D eigenvalue weighted by molar-refractivity contribution is 0.0625. The average Bonchev–Trinajstić information content (AvgIpc) is 2.57. The topological polar surface area (TPSA) is 50.2 Å². The van der Waals surface area contributed by atoms with E-state index in [1.54, 1.807) is 23.0 Å². The molecule has 120 valence electrons. The van der Waals surface area contributed by atoms with Crippen molar-refractivity contribution in [3.05, 3.63) is 28.7 Å². The molecular formula is C17H26N4O. The van der Waals surface area contributed by atoms with Gasteiger partial charge in [0.2, 0.25) is 0 Å². The number of rotatable bonds is 3. The van der Waals surface area contributed by atoms with Gasteiger partial charge in [-0.25, -0.2) is 4.68 Å². The summed E-state index contributed by atoms with van der Waals surface area (Å²) in [6.45, 7) is 3.85. The normalized spacial score (nSPS) is 38.1. The smallest absolute Gasteiger partial charge is 0.266 e. The molecule has 2 bridgehead atoms. The third-order valence-electron chi connectivity index (χ3n) is 5.89. The second-order valence-corrected chi connectivity index (χ2v) is 7.22. The fraction of sp³-hybridized carbons (Fsp3) is 0.765. The SMILES string of the molecule is O=c1cccnn1C1CCC(NC2CN3CCC2CC3)CC1. The average molecular weight is 302 g/mol. The molecule has 5 nitrogen and oxygen atoms in total. The van der Waals surface area contributed by atoms with Gasteiger partial charge in [0.1, 0.15) is 0 Å². The van der Waals surface area contributed by atoms with Gasteiger partial charge in [-0.3, -0.25) is 4.79 Å². The van der Waals surface area contributed by atoms with Crippen molar-refractivity contribution in [2.75, 3.05) is 19.6 Å². The molecule has 1 aromatic rings. The van der Waals surface area contributed by atoms with E-state index >= 15 is 0 Å². The Labute approximate surface area is 131 Å². The highest BCUT2D eigenvalue weighted by Crippen LogP contribution is 2.31. The van der Waals surface area contributed by atoms with E-state index in [2.05, 4.69) is 15.3 Å². The van der Waals surface area contributed by atoms with Crippen LogP contribution in [0.3, 0.4) is 0 Å². The molecular weight excluding hydrogens is 276 g/mol. The lowest BCUT2D eigenvalue weighted by atomic mass is 9.82. The van der Waals surface area contributed by atoms with Crippen molar-refractivity contribution < 1.29 is 0 Å². The Balaban J connectivity index is 1.33. The summed E-state index contributed by atoms with van der Waals surface area (Å²) >= 11 is 0. The Morgan fingerprint density at radius 1 is 1.09 bits per heavy atom. The Kier molecular flexibility index (Phi) is 4.01. The van der Waals surface area contributed by atoms with Crippen LogP contribution < -0.4 is 10.9 Å². The molecule has 5 rings (SSSR count). The number of nitrogens with one attached hydrogen (secondary N) is 1. The van der Waals surface area contributed by atoms with Crippen LogP contribution in [0.15, 0.2) is 23.1 Å². The van der Waals surface area contributed by atoms with Crippen LogP contribution in [0.25, 0.3) is 0 Å². The van der Waals surface area contributed by atoms with Gasteiger partial charge in [0.05, 0.1) is 6.04 Å². The fourth-order valence-electron chi connectivity index (χ4n) is 4.59.